The van der Waals surface area contributed by atoms with Crippen LogP contribution in [0.3, 0.4) is 0 Å². The van der Waals surface area contributed by atoms with Gasteiger partial charge >= 0.3 is 0 Å². The number of hydrogen-bond acceptors (Lipinski definition) is 4. The molecule has 3 aromatic carbocycles. The molecule has 168 valence electrons. The minimum atomic E-state index is -0.434. The van der Waals surface area contributed by atoms with Gasteiger partial charge in [-0.25, -0.2) is 4.39 Å². The number of ether oxygens (including phenoxy) is 2. The van der Waals surface area contributed by atoms with E-state index in [0.29, 0.717) is 16.6 Å². The van der Waals surface area contributed by atoms with Gasteiger partial charge in [0.2, 0.25) is 0 Å². The first-order chi connectivity index (χ1) is 16.0. The van der Waals surface area contributed by atoms with Crippen LogP contribution < -0.4 is 14.8 Å². The van der Waals surface area contributed by atoms with E-state index in [-0.39, 0.29) is 24.3 Å². The Morgan fingerprint density at radius 2 is 1.79 bits per heavy atom. The van der Waals surface area contributed by atoms with Gasteiger partial charge < -0.3 is 14.8 Å². The molecule has 4 rings (SSSR count). The molecule has 0 aromatic heterocycles. The summed E-state index contributed by atoms with van der Waals surface area (Å²) in [5.74, 6) is 0.133. The average Bonchev–Trinajstić information content (AvgIpc) is 3.11. The number of amides is 1. The molecule has 0 spiro atoms. The number of methoxy groups -OCH3 is 1. The highest BCUT2D eigenvalue weighted by molar-refractivity contribution is 7.80. The molecule has 5 nitrogen and oxygen atoms in total. The molecule has 0 aliphatic carbocycles. The van der Waals surface area contributed by atoms with Crippen molar-refractivity contribution >= 4 is 29.3 Å². The van der Waals surface area contributed by atoms with E-state index in [1.54, 1.807) is 42.4 Å². The second-order valence-electron chi connectivity index (χ2n) is 7.54. The third-order valence-electron chi connectivity index (χ3n) is 5.41. The van der Waals surface area contributed by atoms with Crippen molar-refractivity contribution in [2.75, 3.05) is 7.11 Å². The van der Waals surface area contributed by atoms with E-state index in [4.69, 9.17) is 21.7 Å². The summed E-state index contributed by atoms with van der Waals surface area (Å²) in [5.41, 5.74) is 2.86. The zero-order chi connectivity index (χ0) is 23.4. The van der Waals surface area contributed by atoms with Crippen LogP contribution in [-0.2, 0) is 11.4 Å². The largest absolute Gasteiger partial charge is 0.496 e. The van der Waals surface area contributed by atoms with Crippen molar-refractivity contribution in [3.05, 3.63) is 101 Å². The fraction of sp³-hybridized carbons (Fsp3) is 0.154. The van der Waals surface area contributed by atoms with Gasteiger partial charge in [-0.2, -0.15) is 0 Å². The molecule has 1 N–H and O–H groups in total. The molecule has 1 heterocycles. The van der Waals surface area contributed by atoms with Crippen LogP contribution in [0.15, 0.2) is 78.5 Å². The molecule has 0 radical (unpaired) electrons. The number of rotatable bonds is 7. The van der Waals surface area contributed by atoms with Gasteiger partial charge in [0, 0.05) is 5.56 Å². The molecule has 3 aromatic rings. The predicted octanol–water partition coefficient (Wildman–Crippen LogP) is 5.23. The number of nitrogens with zero attached hydrogens (tertiary/aromatic N) is 1. The van der Waals surface area contributed by atoms with Crippen LogP contribution in [0.2, 0.25) is 0 Å². The van der Waals surface area contributed by atoms with E-state index in [2.05, 4.69) is 5.32 Å². The number of benzene rings is 3. The van der Waals surface area contributed by atoms with Gasteiger partial charge in [-0.15, -0.1) is 0 Å². The van der Waals surface area contributed by atoms with E-state index in [1.807, 2.05) is 49.4 Å². The maximum atomic E-state index is 13.9. The quantitative estimate of drug-likeness (QED) is 0.385. The van der Waals surface area contributed by atoms with Crippen molar-refractivity contribution in [3.63, 3.8) is 0 Å². The van der Waals surface area contributed by atoms with Gasteiger partial charge in [-0.1, -0.05) is 48.5 Å². The fourth-order valence-corrected chi connectivity index (χ4v) is 4.02. The van der Waals surface area contributed by atoms with Gasteiger partial charge in [0.25, 0.3) is 5.91 Å². The third-order valence-corrected chi connectivity index (χ3v) is 5.71. The van der Waals surface area contributed by atoms with E-state index >= 15 is 0 Å². The summed E-state index contributed by atoms with van der Waals surface area (Å²) in [5, 5.41) is 3.38. The summed E-state index contributed by atoms with van der Waals surface area (Å²) in [4.78, 5) is 14.7. The maximum absolute atomic E-state index is 13.9. The third kappa shape index (κ3) is 4.88. The van der Waals surface area contributed by atoms with Crippen molar-refractivity contribution in [2.24, 2.45) is 0 Å². The molecule has 1 atom stereocenters. The van der Waals surface area contributed by atoms with Crippen LogP contribution in [-0.4, -0.2) is 23.0 Å². The first-order valence-corrected chi connectivity index (χ1v) is 10.8. The maximum Gasteiger partial charge on any atom is 0.277 e. The Hall–Kier alpha value is -3.71. The second-order valence-corrected chi connectivity index (χ2v) is 7.93. The molecule has 33 heavy (non-hydrogen) atoms. The van der Waals surface area contributed by atoms with Crippen molar-refractivity contribution in [2.45, 2.75) is 19.6 Å². The van der Waals surface area contributed by atoms with Gasteiger partial charge in [0.05, 0.1) is 13.2 Å². The molecule has 0 bridgehead atoms. The number of nitrogens with one attached hydrogen (secondary N) is 1. The zero-order valence-corrected chi connectivity index (χ0v) is 19.1. The summed E-state index contributed by atoms with van der Waals surface area (Å²) in [6, 6.07) is 21.2. The Balaban J connectivity index is 1.56. The smallest absolute Gasteiger partial charge is 0.277 e. The van der Waals surface area contributed by atoms with Crippen LogP contribution >= 0.6 is 12.2 Å². The number of hydrogen-bond donors (Lipinski definition) is 1. The van der Waals surface area contributed by atoms with E-state index in [1.165, 1.54) is 6.07 Å². The van der Waals surface area contributed by atoms with Crippen LogP contribution in [0.4, 0.5) is 4.39 Å². The summed E-state index contributed by atoms with van der Waals surface area (Å²) >= 11 is 5.44. The van der Waals surface area contributed by atoms with Gasteiger partial charge in [-0.3, -0.25) is 9.69 Å². The highest BCUT2D eigenvalue weighted by Crippen LogP contribution is 2.28. The summed E-state index contributed by atoms with van der Waals surface area (Å²) < 4.78 is 25.0. The van der Waals surface area contributed by atoms with E-state index < -0.39 is 5.82 Å². The number of para-hydroxylation sites is 1. The Labute approximate surface area is 197 Å². The molecule has 7 heteroatoms. The van der Waals surface area contributed by atoms with Crippen molar-refractivity contribution in [3.8, 4) is 11.5 Å². The molecule has 1 unspecified atom stereocenters. The Bertz CT molecular complexity index is 1210. The first-order valence-electron chi connectivity index (χ1n) is 10.4. The van der Waals surface area contributed by atoms with Crippen molar-refractivity contribution in [1.29, 1.82) is 0 Å². The number of carbonyl (C=O) groups excluding carboxylic acids is 1. The molecular formula is C26H23FN2O3S. The fourth-order valence-electron chi connectivity index (χ4n) is 3.67. The van der Waals surface area contributed by atoms with Crippen LogP contribution in [0, 0.1) is 5.82 Å². The molecule has 1 fully saturated rings. The van der Waals surface area contributed by atoms with Crippen molar-refractivity contribution in [1.82, 2.24) is 10.2 Å². The standard InChI is InChI=1S/C26H23FN2O3S/c1-17(19-8-4-3-5-9-19)29-25(30)22(28-26(29)33)15-18-12-13-23(31-2)20(14-18)16-32-24-11-7-6-10-21(24)27/h3-15,17H,16H2,1-2H3,(H,28,33)/b22-15-. The number of thiocarbonyl (C=S) groups is 1. The summed E-state index contributed by atoms with van der Waals surface area (Å²) in [7, 11) is 1.56. The highest BCUT2D eigenvalue weighted by Gasteiger charge is 2.34. The Morgan fingerprint density at radius 1 is 1.06 bits per heavy atom. The predicted molar refractivity (Wildman–Crippen MR) is 129 cm³/mol. The van der Waals surface area contributed by atoms with Gasteiger partial charge in [0.15, 0.2) is 16.7 Å². The monoisotopic (exact) mass is 462 g/mol. The normalized spacial score (nSPS) is 15.5. The molecule has 1 saturated heterocycles. The zero-order valence-electron chi connectivity index (χ0n) is 18.2. The van der Waals surface area contributed by atoms with Crippen LogP contribution in [0.1, 0.15) is 29.7 Å². The van der Waals surface area contributed by atoms with E-state index in [9.17, 15) is 9.18 Å². The van der Waals surface area contributed by atoms with E-state index in [0.717, 1.165) is 16.7 Å². The summed E-state index contributed by atoms with van der Waals surface area (Å²) in [6.45, 7) is 2.05. The lowest BCUT2D eigenvalue weighted by molar-refractivity contribution is -0.123. The molecular weight excluding hydrogens is 439 g/mol. The minimum absolute atomic E-state index is 0.109. The second kappa shape index (κ2) is 9.83. The summed E-state index contributed by atoms with van der Waals surface area (Å²) in [6.07, 6.45) is 1.73. The van der Waals surface area contributed by atoms with Crippen LogP contribution in [0.25, 0.3) is 6.08 Å². The minimum Gasteiger partial charge on any atom is -0.496 e. The molecule has 0 saturated carbocycles. The van der Waals surface area contributed by atoms with Gasteiger partial charge in [-0.05, 0) is 60.6 Å². The number of halogens is 1. The van der Waals surface area contributed by atoms with Gasteiger partial charge in [0.1, 0.15) is 18.1 Å². The highest BCUT2D eigenvalue weighted by atomic mass is 32.1. The Kier molecular flexibility index (Phi) is 6.70. The Morgan fingerprint density at radius 3 is 2.52 bits per heavy atom. The molecule has 1 aliphatic heterocycles. The lowest BCUT2D eigenvalue weighted by atomic mass is 10.1. The SMILES string of the molecule is COc1ccc(/C=C2\NC(=S)N(C(C)c3ccccc3)C2=O)cc1COc1ccccc1F. The van der Waals surface area contributed by atoms with Crippen LogP contribution in [0.5, 0.6) is 11.5 Å². The van der Waals surface area contributed by atoms with Crippen molar-refractivity contribution < 1.29 is 18.7 Å². The topological polar surface area (TPSA) is 50.8 Å². The number of carbonyl (C=O) groups is 1. The average molecular weight is 463 g/mol. The lowest BCUT2D eigenvalue weighted by Gasteiger charge is -2.23. The first kappa shape index (κ1) is 22.5. The lowest BCUT2D eigenvalue weighted by Crippen LogP contribution is -2.33. The molecule has 1 amide bonds. The molecule has 1 aliphatic rings.